The first kappa shape index (κ1) is 19.6. The van der Waals surface area contributed by atoms with E-state index in [-0.39, 0.29) is 12.7 Å². The highest BCUT2D eigenvalue weighted by molar-refractivity contribution is 5.93. The molecule has 4 heterocycles. The maximum Gasteiger partial charge on any atom is 0.271 e. The van der Waals surface area contributed by atoms with Gasteiger partial charge in [0.25, 0.3) is 5.91 Å². The van der Waals surface area contributed by atoms with Gasteiger partial charge in [-0.15, -0.1) is 0 Å². The molecule has 1 amide bonds. The second-order valence-electron chi connectivity index (χ2n) is 7.90. The van der Waals surface area contributed by atoms with Crippen LogP contribution in [0.15, 0.2) is 30.5 Å². The summed E-state index contributed by atoms with van der Waals surface area (Å²) in [6.45, 7) is 9.18. The number of hydrogen-bond donors (Lipinski definition) is 1. The fourth-order valence-corrected chi connectivity index (χ4v) is 4.03. The molecule has 31 heavy (non-hydrogen) atoms. The van der Waals surface area contributed by atoms with Crippen LogP contribution in [0, 0.1) is 6.92 Å². The van der Waals surface area contributed by atoms with Crippen molar-refractivity contribution in [2.24, 2.45) is 0 Å². The summed E-state index contributed by atoms with van der Waals surface area (Å²) in [6.07, 6.45) is 2.12. The topological polar surface area (TPSA) is 88.5 Å². The Kier molecular flexibility index (Phi) is 5.11. The van der Waals surface area contributed by atoms with Gasteiger partial charge in [-0.3, -0.25) is 19.5 Å². The Morgan fingerprint density at radius 2 is 1.94 bits per heavy atom. The molecule has 2 aliphatic heterocycles. The molecule has 9 nitrogen and oxygen atoms in total. The van der Waals surface area contributed by atoms with E-state index >= 15 is 0 Å². The number of benzene rings is 1. The van der Waals surface area contributed by atoms with E-state index < -0.39 is 0 Å². The summed E-state index contributed by atoms with van der Waals surface area (Å²) in [5.74, 6) is 1.41. The number of amides is 1. The van der Waals surface area contributed by atoms with Crippen molar-refractivity contribution < 1.29 is 14.3 Å². The van der Waals surface area contributed by atoms with Crippen molar-refractivity contribution >= 4 is 5.91 Å². The monoisotopic (exact) mass is 422 g/mol. The molecule has 1 aromatic carbocycles. The quantitative estimate of drug-likeness (QED) is 0.679. The number of aryl methyl sites for hydroxylation is 2. The summed E-state index contributed by atoms with van der Waals surface area (Å²) in [5, 5.41) is 11.8. The van der Waals surface area contributed by atoms with E-state index in [1.807, 2.05) is 27.8 Å². The van der Waals surface area contributed by atoms with Crippen LogP contribution in [-0.2, 0) is 13.1 Å². The second kappa shape index (κ2) is 8.07. The van der Waals surface area contributed by atoms with Crippen molar-refractivity contribution in [1.82, 2.24) is 29.8 Å². The molecule has 1 fully saturated rings. The number of piperazine rings is 1. The lowest BCUT2D eigenvalue weighted by Crippen LogP contribution is -2.48. The van der Waals surface area contributed by atoms with E-state index in [1.165, 1.54) is 5.56 Å². The molecule has 0 aliphatic carbocycles. The minimum Gasteiger partial charge on any atom is -0.454 e. The molecule has 162 valence electrons. The number of nitrogens with zero attached hydrogens (tertiary/aromatic N) is 5. The van der Waals surface area contributed by atoms with Gasteiger partial charge in [0.05, 0.1) is 11.4 Å². The Bertz CT molecular complexity index is 1100. The molecular formula is C22H26N6O3. The van der Waals surface area contributed by atoms with Gasteiger partial charge in [-0.05, 0) is 38.1 Å². The molecule has 3 aromatic rings. The average Bonchev–Trinajstić information content (AvgIpc) is 3.53. The predicted molar refractivity (Wildman–Crippen MR) is 114 cm³/mol. The van der Waals surface area contributed by atoms with Gasteiger partial charge in [-0.1, -0.05) is 0 Å². The van der Waals surface area contributed by atoms with Gasteiger partial charge in [0, 0.05) is 56.6 Å². The molecule has 0 spiro atoms. The summed E-state index contributed by atoms with van der Waals surface area (Å²) in [4.78, 5) is 17.2. The standard InChI is InChI=1S/C22H26N6O3/c1-3-28-13-17(15(2)25-28)12-26-6-8-27(9-7-26)22(29)19-11-18(23-24-19)16-4-5-20-21(10-16)31-14-30-20/h4-5,10-11,13H,3,6-9,12,14H2,1-2H3,(H,23,24). The predicted octanol–water partition coefficient (Wildman–Crippen LogP) is 2.29. The number of H-pyrrole nitrogens is 1. The third kappa shape index (κ3) is 3.88. The Morgan fingerprint density at radius 3 is 2.71 bits per heavy atom. The minimum atomic E-state index is -0.0193. The molecule has 0 atom stereocenters. The highest BCUT2D eigenvalue weighted by atomic mass is 16.7. The van der Waals surface area contributed by atoms with Gasteiger partial charge < -0.3 is 14.4 Å². The zero-order valence-corrected chi connectivity index (χ0v) is 17.8. The van der Waals surface area contributed by atoms with Crippen molar-refractivity contribution in [3.8, 4) is 22.8 Å². The number of carbonyl (C=O) groups excluding carboxylic acids is 1. The largest absolute Gasteiger partial charge is 0.454 e. The number of nitrogens with one attached hydrogen (secondary N) is 1. The fourth-order valence-electron chi connectivity index (χ4n) is 4.03. The SMILES string of the molecule is CCn1cc(CN2CCN(C(=O)c3cc(-c4ccc5c(c4)OCO5)n[nH]3)CC2)c(C)n1. The maximum atomic E-state index is 13.0. The van der Waals surface area contributed by atoms with Gasteiger partial charge in [-0.2, -0.15) is 10.2 Å². The summed E-state index contributed by atoms with van der Waals surface area (Å²) < 4.78 is 12.8. The van der Waals surface area contributed by atoms with Crippen LogP contribution < -0.4 is 9.47 Å². The first-order chi connectivity index (χ1) is 15.1. The minimum absolute atomic E-state index is 0.0193. The molecule has 2 aromatic heterocycles. The van der Waals surface area contributed by atoms with Crippen molar-refractivity contribution in [2.45, 2.75) is 26.9 Å². The molecule has 1 saturated heterocycles. The van der Waals surface area contributed by atoms with Crippen molar-refractivity contribution in [1.29, 1.82) is 0 Å². The van der Waals surface area contributed by atoms with Gasteiger partial charge in [-0.25, -0.2) is 0 Å². The first-order valence-corrected chi connectivity index (χ1v) is 10.6. The number of rotatable bonds is 5. The van der Waals surface area contributed by atoms with Crippen LogP contribution in [0.2, 0.25) is 0 Å². The van der Waals surface area contributed by atoms with E-state index in [0.29, 0.717) is 30.2 Å². The van der Waals surface area contributed by atoms with Crippen LogP contribution in [0.5, 0.6) is 11.5 Å². The summed E-state index contributed by atoms with van der Waals surface area (Å²) >= 11 is 0. The highest BCUT2D eigenvalue weighted by Gasteiger charge is 2.24. The summed E-state index contributed by atoms with van der Waals surface area (Å²) in [7, 11) is 0. The Morgan fingerprint density at radius 1 is 1.13 bits per heavy atom. The normalized spacial score (nSPS) is 16.1. The lowest BCUT2D eigenvalue weighted by atomic mass is 10.1. The van der Waals surface area contributed by atoms with E-state index in [9.17, 15) is 4.79 Å². The van der Waals surface area contributed by atoms with Crippen LogP contribution in [-0.4, -0.2) is 68.7 Å². The Labute approximate surface area is 180 Å². The zero-order chi connectivity index (χ0) is 21.4. The summed E-state index contributed by atoms with van der Waals surface area (Å²) in [5.41, 5.74) is 4.43. The van der Waals surface area contributed by atoms with Gasteiger partial charge >= 0.3 is 0 Å². The molecule has 9 heteroatoms. The molecule has 0 bridgehead atoms. The van der Waals surface area contributed by atoms with Crippen LogP contribution in [0.3, 0.4) is 0 Å². The number of aromatic amines is 1. The third-order valence-corrected chi connectivity index (χ3v) is 5.90. The lowest BCUT2D eigenvalue weighted by molar-refractivity contribution is 0.0622. The number of aromatic nitrogens is 4. The molecule has 0 unspecified atom stereocenters. The number of carbonyl (C=O) groups is 1. The van der Waals surface area contributed by atoms with E-state index in [4.69, 9.17) is 9.47 Å². The number of fused-ring (bicyclic) bond motifs is 1. The highest BCUT2D eigenvalue weighted by Crippen LogP contribution is 2.35. The third-order valence-electron chi connectivity index (χ3n) is 5.90. The van der Waals surface area contributed by atoms with Crippen molar-refractivity contribution in [2.75, 3.05) is 33.0 Å². The van der Waals surface area contributed by atoms with Crippen LogP contribution in [0.1, 0.15) is 28.7 Å². The molecule has 2 aliphatic rings. The number of hydrogen-bond acceptors (Lipinski definition) is 6. The average molecular weight is 422 g/mol. The van der Waals surface area contributed by atoms with Crippen LogP contribution in [0.25, 0.3) is 11.3 Å². The van der Waals surface area contributed by atoms with Crippen molar-refractivity contribution in [3.63, 3.8) is 0 Å². The first-order valence-electron chi connectivity index (χ1n) is 10.6. The molecule has 1 N–H and O–H groups in total. The molecular weight excluding hydrogens is 396 g/mol. The van der Waals surface area contributed by atoms with Crippen molar-refractivity contribution in [3.05, 3.63) is 47.4 Å². The van der Waals surface area contributed by atoms with Gasteiger partial charge in [0.1, 0.15) is 5.69 Å². The van der Waals surface area contributed by atoms with E-state index in [0.717, 1.165) is 43.2 Å². The lowest BCUT2D eigenvalue weighted by Gasteiger charge is -2.34. The second-order valence-corrected chi connectivity index (χ2v) is 7.90. The molecule has 0 saturated carbocycles. The zero-order valence-electron chi connectivity index (χ0n) is 17.8. The van der Waals surface area contributed by atoms with Gasteiger partial charge in [0.15, 0.2) is 11.5 Å². The Hall–Kier alpha value is -3.33. The van der Waals surface area contributed by atoms with Gasteiger partial charge in [0.2, 0.25) is 6.79 Å². The van der Waals surface area contributed by atoms with Crippen LogP contribution in [0.4, 0.5) is 0 Å². The smallest absolute Gasteiger partial charge is 0.271 e. The molecule has 5 rings (SSSR count). The number of ether oxygens (including phenoxy) is 2. The van der Waals surface area contributed by atoms with E-state index in [2.05, 4.69) is 40.2 Å². The van der Waals surface area contributed by atoms with Crippen LogP contribution >= 0.6 is 0 Å². The fraction of sp³-hybridized carbons (Fsp3) is 0.409. The maximum absolute atomic E-state index is 13.0. The van der Waals surface area contributed by atoms with E-state index in [1.54, 1.807) is 6.07 Å². The Balaban J connectivity index is 1.20. The summed E-state index contributed by atoms with van der Waals surface area (Å²) in [6, 6.07) is 7.46. The molecule has 0 radical (unpaired) electrons.